The fourth-order valence-corrected chi connectivity index (χ4v) is 1.46. The molecule has 1 aliphatic heterocycles. The SMILES string of the molecule is NOCC1CCCC(C(=O)O)N1. The zero-order chi connectivity index (χ0) is 8.97. The van der Waals surface area contributed by atoms with Gasteiger partial charge in [-0.1, -0.05) is 0 Å². The van der Waals surface area contributed by atoms with Crippen LogP contribution in [0.1, 0.15) is 19.3 Å². The highest BCUT2D eigenvalue weighted by molar-refractivity contribution is 5.73. The number of hydrogen-bond donors (Lipinski definition) is 3. The van der Waals surface area contributed by atoms with Crippen LogP contribution in [0.25, 0.3) is 0 Å². The molecule has 2 atom stereocenters. The highest BCUT2D eigenvalue weighted by atomic mass is 16.6. The maximum Gasteiger partial charge on any atom is 0.320 e. The van der Waals surface area contributed by atoms with Crippen LogP contribution in [0.3, 0.4) is 0 Å². The molecule has 70 valence electrons. The minimum absolute atomic E-state index is 0.0878. The van der Waals surface area contributed by atoms with Crippen molar-refractivity contribution in [2.75, 3.05) is 6.61 Å². The Kier molecular flexibility index (Phi) is 3.46. The standard InChI is InChI=1S/C7H14N2O3/c8-12-4-5-2-1-3-6(9-5)7(10)11/h5-6,9H,1-4,8H2,(H,10,11). The number of carbonyl (C=O) groups is 1. The summed E-state index contributed by atoms with van der Waals surface area (Å²) in [6, 6.07) is -0.344. The van der Waals surface area contributed by atoms with Gasteiger partial charge >= 0.3 is 5.97 Å². The monoisotopic (exact) mass is 174 g/mol. The molecule has 1 fully saturated rings. The molecule has 1 aliphatic rings. The number of nitrogens with one attached hydrogen (secondary N) is 1. The van der Waals surface area contributed by atoms with Gasteiger partial charge in [-0.3, -0.25) is 10.1 Å². The first-order valence-corrected chi connectivity index (χ1v) is 4.04. The first-order valence-electron chi connectivity index (χ1n) is 4.04. The van der Waals surface area contributed by atoms with Gasteiger partial charge in [0.25, 0.3) is 0 Å². The van der Waals surface area contributed by atoms with Gasteiger partial charge < -0.3 is 9.94 Å². The topological polar surface area (TPSA) is 84.6 Å². The molecule has 5 nitrogen and oxygen atoms in total. The van der Waals surface area contributed by atoms with Crippen LogP contribution in [0.4, 0.5) is 0 Å². The van der Waals surface area contributed by atoms with Crippen LogP contribution in [-0.4, -0.2) is 29.8 Å². The van der Waals surface area contributed by atoms with Crippen LogP contribution in [0.5, 0.6) is 0 Å². The molecule has 0 aromatic heterocycles. The molecule has 0 radical (unpaired) electrons. The summed E-state index contributed by atoms with van der Waals surface area (Å²) in [7, 11) is 0. The van der Waals surface area contributed by atoms with E-state index in [2.05, 4.69) is 10.2 Å². The number of hydrogen-bond acceptors (Lipinski definition) is 4. The van der Waals surface area contributed by atoms with Gasteiger partial charge in [0.1, 0.15) is 6.04 Å². The Balaban J connectivity index is 2.35. The summed E-state index contributed by atoms with van der Waals surface area (Å²) in [6.07, 6.45) is 2.54. The van der Waals surface area contributed by atoms with Gasteiger partial charge in [-0.05, 0) is 19.3 Å². The molecule has 0 aromatic rings. The van der Waals surface area contributed by atoms with Gasteiger partial charge in [0, 0.05) is 6.04 Å². The average Bonchev–Trinajstić information content (AvgIpc) is 2.05. The summed E-state index contributed by atoms with van der Waals surface area (Å²) in [5.41, 5.74) is 0. The van der Waals surface area contributed by atoms with Gasteiger partial charge in [0.15, 0.2) is 0 Å². The molecule has 0 aliphatic carbocycles. The molecular weight excluding hydrogens is 160 g/mol. The lowest BCUT2D eigenvalue weighted by Crippen LogP contribution is -2.48. The van der Waals surface area contributed by atoms with Crippen molar-refractivity contribution < 1.29 is 14.7 Å². The summed E-state index contributed by atoms with van der Waals surface area (Å²) < 4.78 is 0. The van der Waals surface area contributed by atoms with E-state index in [1.807, 2.05) is 0 Å². The fourth-order valence-electron chi connectivity index (χ4n) is 1.46. The Morgan fingerprint density at radius 2 is 2.42 bits per heavy atom. The average molecular weight is 174 g/mol. The van der Waals surface area contributed by atoms with Crippen LogP contribution >= 0.6 is 0 Å². The predicted molar refractivity (Wildman–Crippen MR) is 42.3 cm³/mol. The number of rotatable bonds is 3. The third-order valence-corrected chi connectivity index (χ3v) is 2.08. The second kappa shape index (κ2) is 4.39. The lowest BCUT2D eigenvalue weighted by molar-refractivity contribution is -0.140. The zero-order valence-corrected chi connectivity index (χ0v) is 6.82. The van der Waals surface area contributed by atoms with E-state index in [1.165, 1.54) is 0 Å². The van der Waals surface area contributed by atoms with Gasteiger partial charge in [-0.15, -0.1) is 0 Å². The summed E-state index contributed by atoms with van der Waals surface area (Å²) in [4.78, 5) is 15.0. The van der Waals surface area contributed by atoms with E-state index < -0.39 is 12.0 Å². The van der Waals surface area contributed by atoms with Crippen LogP contribution in [0, 0.1) is 0 Å². The van der Waals surface area contributed by atoms with E-state index in [0.29, 0.717) is 13.0 Å². The van der Waals surface area contributed by atoms with Crippen LogP contribution in [0.15, 0.2) is 0 Å². The van der Waals surface area contributed by atoms with Crippen LogP contribution in [0.2, 0.25) is 0 Å². The number of carboxylic acid groups (broad SMARTS) is 1. The van der Waals surface area contributed by atoms with Gasteiger partial charge in [0.2, 0.25) is 0 Å². The molecule has 12 heavy (non-hydrogen) atoms. The van der Waals surface area contributed by atoms with Crippen molar-refractivity contribution in [3.05, 3.63) is 0 Å². The number of aliphatic carboxylic acids is 1. The van der Waals surface area contributed by atoms with Crippen molar-refractivity contribution in [1.82, 2.24) is 5.32 Å². The van der Waals surface area contributed by atoms with Crippen LogP contribution in [-0.2, 0) is 9.63 Å². The Labute approximate surface area is 70.8 Å². The zero-order valence-electron chi connectivity index (χ0n) is 6.82. The van der Waals surface area contributed by atoms with Crippen molar-refractivity contribution in [2.24, 2.45) is 5.90 Å². The van der Waals surface area contributed by atoms with Gasteiger partial charge in [-0.25, -0.2) is 5.90 Å². The molecular formula is C7H14N2O3. The van der Waals surface area contributed by atoms with Crippen molar-refractivity contribution in [1.29, 1.82) is 0 Å². The second-order valence-electron chi connectivity index (χ2n) is 3.02. The molecule has 1 saturated heterocycles. The van der Waals surface area contributed by atoms with Gasteiger partial charge in [0.05, 0.1) is 6.61 Å². The predicted octanol–water partition coefficient (Wildman–Crippen LogP) is -0.528. The molecule has 1 rings (SSSR count). The van der Waals surface area contributed by atoms with E-state index in [9.17, 15) is 4.79 Å². The highest BCUT2D eigenvalue weighted by Gasteiger charge is 2.25. The second-order valence-corrected chi connectivity index (χ2v) is 3.02. The molecule has 5 heteroatoms. The number of carboxylic acids is 1. The first kappa shape index (κ1) is 9.44. The molecule has 0 spiro atoms. The van der Waals surface area contributed by atoms with E-state index >= 15 is 0 Å². The maximum atomic E-state index is 10.6. The number of nitrogens with two attached hydrogens (primary N) is 1. The Morgan fingerprint density at radius 3 is 3.00 bits per heavy atom. The fraction of sp³-hybridized carbons (Fsp3) is 0.857. The third kappa shape index (κ3) is 2.44. The molecule has 0 saturated carbocycles. The Bertz CT molecular complexity index is 161. The Hall–Kier alpha value is -0.650. The van der Waals surface area contributed by atoms with E-state index in [0.717, 1.165) is 12.8 Å². The van der Waals surface area contributed by atoms with E-state index in [4.69, 9.17) is 11.0 Å². The lowest BCUT2D eigenvalue weighted by Gasteiger charge is -2.27. The highest BCUT2D eigenvalue weighted by Crippen LogP contribution is 2.12. The smallest absolute Gasteiger partial charge is 0.320 e. The van der Waals surface area contributed by atoms with Crippen LogP contribution < -0.4 is 11.2 Å². The van der Waals surface area contributed by atoms with Crippen molar-refractivity contribution in [3.63, 3.8) is 0 Å². The van der Waals surface area contributed by atoms with E-state index in [1.54, 1.807) is 0 Å². The normalized spacial score (nSPS) is 30.1. The lowest BCUT2D eigenvalue weighted by atomic mass is 9.99. The number of piperidine rings is 1. The van der Waals surface area contributed by atoms with Gasteiger partial charge in [-0.2, -0.15) is 0 Å². The van der Waals surface area contributed by atoms with Crippen molar-refractivity contribution in [3.8, 4) is 0 Å². The molecule has 0 aromatic carbocycles. The van der Waals surface area contributed by atoms with Crippen molar-refractivity contribution in [2.45, 2.75) is 31.3 Å². The molecule has 1 heterocycles. The quantitative estimate of drug-likeness (QED) is 0.501. The van der Waals surface area contributed by atoms with E-state index in [-0.39, 0.29) is 6.04 Å². The summed E-state index contributed by atoms with van der Waals surface area (Å²) >= 11 is 0. The molecule has 0 amide bonds. The maximum absolute atomic E-state index is 10.6. The Morgan fingerprint density at radius 1 is 1.67 bits per heavy atom. The largest absolute Gasteiger partial charge is 0.480 e. The van der Waals surface area contributed by atoms with Crippen molar-refractivity contribution >= 4 is 5.97 Å². The summed E-state index contributed by atoms with van der Waals surface area (Å²) in [6.45, 7) is 0.379. The minimum atomic E-state index is -0.795. The molecule has 2 unspecified atom stereocenters. The molecule has 4 N–H and O–H groups in total. The summed E-state index contributed by atoms with van der Waals surface area (Å²) in [5, 5.41) is 11.6. The summed E-state index contributed by atoms with van der Waals surface area (Å²) in [5.74, 6) is 4.10. The molecule has 0 bridgehead atoms. The minimum Gasteiger partial charge on any atom is -0.480 e. The third-order valence-electron chi connectivity index (χ3n) is 2.08. The first-order chi connectivity index (χ1) is 5.74.